The summed E-state index contributed by atoms with van der Waals surface area (Å²) in [6.45, 7) is 4.28. The Hall–Kier alpha value is -0.0300. The summed E-state index contributed by atoms with van der Waals surface area (Å²) in [5, 5.41) is 0. The highest BCUT2D eigenvalue weighted by atomic mass is 35.5. The standard InChI is InChI=1S/C7H15N3O.2ClH/c11-7-9-8-3-6-10-4-1-2-5-10;;/h7-8H,1-6H2,(H,9,11);2*1H. The van der Waals surface area contributed by atoms with Gasteiger partial charge in [-0.15, -0.1) is 24.8 Å². The SMILES string of the molecule is Cl.Cl.O=CNNCCN1CCCC1. The molecule has 1 aliphatic heterocycles. The molecule has 0 spiro atoms. The van der Waals surface area contributed by atoms with Crippen molar-refractivity contribution in [2.24, 2.45) is 0 Å². The van der Waals surface area contributed by atoms with Gasteiger partial charge in [0.2, 0.25) is 6.41 Å². The molecule has 0 atom stereocenters. The van der Waals surface area contributed by atoms with Gasteiger partial charge in [-0.05, 0) is 25.9 Å². The normalized spacial score (nSPS) is 15.7. The molecule has 80 valence electrons. The van der Waals surface area contributed by atoms with Crippen LogP contribution in [-0.4, -0.2) is 37.5 Å². The average Bonchev–Trinajstić information content (AvgIpc) is 2.50. The Morgan fingerprint density at radius 2 is 1.85 bits per heavy atom. The van der Waals surface area contributed by atoms with E-state index in [9.17, 15) is 4.79 Å². The van der Waals surface area contributed by atoms with Gasteiger partial charge in [0.25, 0.3) is 0 Å². The number of halogens is 2. The maximum atomic E-state index is 9.81. The van der Waals surface area contributed by atoms with E-state index in [-0.39, 0.29) is 24.8 Å². The van der Waals surface area contributed by atoms with Gasteiger partial charge in [0.05, 0.1) is 0 Å². The fourth-order valence-electron chi connectivity index (χ4n) is 1.33. The van der Waals surface area contributed by atoms with Gasteiger partial charge >= 0.3 is 0 Å². The lowest BCUT2D eigenvalue weighted by molar-refractivity contribution is -0.110. The van der Waals surface area contributed by atoms with E-state index in [2.05, 4.69) is 15.8 Å². The molecule has 13 heavy (non-hydrogen) atoms. The third-order valence-electron chi connectivity index (χ3n) is 1.91. The topological polar surface area (TPSA) is 44.4 Å². The van der Waals surface area contributed by atoms with Crippen molar-refractivity contribution in [3.8, 4) is 0 Å². The van der Waals surface area contributed by atoms with Gasteiger partial charge in [0.1, 0.15) is 0 Å². The van der Waals surface area contributed by atoms with Crippen LogP contribution in [0.4, 0.5) is 0 Å². The van der Waals surface area contributed by atoms with Crippen molar-refractivity contribution in [1.29, 1.82) is 0 Å². The van der Waals surface area contributed by atoms with Crippen molar-refractivity contribution < 1.29 is 4.79 Å². The second-order valence-corrected chi connectivity index (χ2v) is 2.74. The van der Waals surface area contributed by atoms with Crippen LogP contribution in [0.5, 0.6) is 0 Å². The molecular weight excluding hydrogens is 213 g/mol. The van der Waals surface area contributed by atoms with E-state index in [0.717, 1.165) is 13.1 Å². The molecule has 2 N–H and O–H groups in total. The van der Waals surface area contributed by atoms with Crippen LogP contribution < -0.4 is 10.9 Å². The first-order valence-corrected chi connectivity index (χ1v) is 4.08. The summed E-state index contributed by atoms with van der Waals surface area (Å²) in [6.07, 6.45) is 3.30. The summed E-state index contributed by atoms with van der Waals surface area (Å²) in [5.74, 6) is 0. The summed E-state index contributed by atoms with van der Waals surface area (Å²) >= 11 is 0. The predicted molar refractivity (Wildman–Crippen MR) is 57.4 cm³/mol. The van der Waals surface area contributed by atoms with E-state index in [1.807, 2.05) is 0 Å². The van der Waals surface area contributed by atoms with Crippen molar-refractivity contribution in [1.82, 2.24) is 15.8 Å². The molecule has 0 aromatic rings. The Balaban J connectivity index is 0. The second kappa shape index (κ2) is 10.1. The minimum absolute atomic E-state index is 0. The molecule has 0 unspecified atom stereocenters. The quantitative estimate of drug-likeness (QED) is 0.402. The molecule has 1 heterocycles. The van der Waals surface area contributed by atoms with Crippen LogP contribution in [-0.2, 0) is 4.79 Å². The third-order valence-corrected chi connectivity index (χ3v) is 1.91. The molecule has 0 aliphatic carbocycles. The fourth-order valence-corrected chi connectivity index (χ4v) is 1.33. The van der Waals surface area contributed by atoms with Gasteiger partial charge < -0.3 is 4.90 Å². The predicted octanol–water partition coefficient (Wildman–Crippen LogP) is 0.176. The van der Waals surface area contributed by atoms with Crippen LogP contribution >= 0.6 is 24.8 Å². The molecule has 0 saturated carbocycles. The van der Waals surface area contributed by atoms with Gasteiger partial charge in [0, 0.05) is 13.1 Å². The molecule has 1 amide bonds. The molecule has 1 saturated heterocycles. The summed E-state index contributed by atoms with van der Waals surface area (Å²) < 4.78 is 0. The summed E-state index contributed by atoms with van der Waals surface area (Å²) in [5.41, 5.74) is 5.22. The van der Waals surface area contributed by atoms with E-state index < -0.39 is 0 Å². The first-order chi connectivity index (χ1) is 5.43. The van der Waals surface area contributed by atoms with Gasteiger partial charge in [-0.3, -0.25) is 10.2 Å². The monoisotopic (exact) mass is 229 g/mol. The van der Waals surface area contributed by atoms with Crippen molar-refractivity contribution in [2.45, 2.75) is 12.8 Å². The number of hydrogen-bond donors (Lipinski definition) is 2. The Kier molecular flexibility index (Phi) is 11.9. The average molecular weight is 230 g/mol. The number of nitrogens with zero attached hydrogens (tertiary/aromatic N) is 1. The van der Waals surface area contributed by atoms with Crippen LogP contribution in [0.1, 0.15) is 12.8 Å². The first kappa shape index (κ1) is 15.4. The fraction of sp³-hybridized carbons (Fsp3) is 0.857. The molecule has 1 rings (SSSR count). The number of hydrazine groups is 1. The zero-order valence-corrected chi connectivity index (χ0v) is 9.12. The lowest BCUT2D eigenvalue weighted by atomic mass is 10.4. The van der Waals surface area contributed by atoms with E-state index >= 15 is 0 Å². The van der Waals surface area contributed by atoms with Gasteiger partial charge in [-0.1, -0.05) is 0 Å². The Labute approximate surface area is 91.2 Å². The molecular formula is C7H17Cl2N3O. The van der Waals surface area contributed by atoms with Crippen LogP contribution in [0.25, 0.3) is 0 Å². The minimum Gasteiger partial charge on any atom is -0.302 e. The van der Waals surface area contributed by atoms with Crippen molar-refractivity contribution >= 4 is 31.2 Å². The van der Waals surface area contributed by atoms with Crippen LogP contribution in [0.15, 0.2) is 0 Å². The molecule has 0 aromatic carbocycles. The lowest BCUT2D eigenvalue weighted by Gasteiger charge is -2.13. The highest BCUT2D eigenvalue weighted by Gasteiger charge is 2.09. The Morgan fingerprint density at radius 3 is 2.38 bits per heavy atom. The third kappa shape index (κ3) is 7.07. The maximum Gasteiger partial charge on any atom is 0.221 e. The second-order valence-electron chi connectivity index (χ2n) is 2.74. The highest BCUT2D eigenvalue weighted by Crippen LogP contribution is 2.05. The number of likely N-dealkylation sites (tertiary alicyclic amines) is 1. The highest BCUT2D eigenvalue weighted by molar-refractivity contribution is 5.85. The van der Waals surface area contributed by atoms with Gasteiger partial charge in [-0.2, -0.15) is 0 Å². The van der Waals surface area contributed by atoms with Crippen molar-refractivity contribution in [3.05, 3.63) is 0 Å². The van der Waals surface area contributed by atoms with E-state index in [0.29, 0.717) is 6.41 Å². The smallest absolute Gasteiger partial charge is 0.221 e. The van der Waals surface area contributed by atoms with Crippen molar-refractivity contribution in [2.75, 3.05) is 26.2 Å². The number of nitrogens with one attached hydrogen (secondary N) is 2. The van der Waals surface area contributed by atoms with Crippen LogP contribution in [0.2, 0.25) is 0 Å². The number of rotatable bonds is 5. The molecule has 1 aliphatic rings. The number of amides is 1. The summed E-state index contributed by atoms with van der Waals surface area (Å²) in [7, 11) is 0. The van der Waals surface area contributed by atoms with Crippen LogP contribution in [0.3, 0.4) is 0 Å². The zero-order valence-electron chi connectivity index (χ0n) is 7.49. The van der Waals surface area contributed by atoms with Crippen LogP contribution in [0, 0.1) is 0 Å². The molecule has 0 radical (unpaired) electrons. The largest absolute Gasteiger partial charge is 0.302 e. The Morgan fingerprint density at radius 1 is 1.23 bits per heavy atom. The number of carbonyl (C=O) groups is 1. The molecule has 1 fully saturated rings. The molecule has 0 bridgehead atoms. The Bertz CT molecular complexity index is 120. The zero-order chi connectivity index (χ0) is 7.94. The first-order valence-electron chi connectivity index (χ1n) is 4.08. The van der Waals surface area contributed by atoms with Crippen molar-refractivity contribution in [3.63, 3.8) is 0 Å². The number of hydrogen-bond acceptors (Lipinski definition) is 3. The summed E-state index contributed by atoms with van der Waals surface area (Å²) in [6, 6.07) is 0. The molecule has 4 nitrogen and oxygen atoms in total. The van der Waals surface area contributed by atoms with E-state index in [1.54, 1.807) is 0 Å². The minimum atomic E-state index is 0. The lowest BCUT2D eigenvalue weighted by Crippen LogP contribution is -2.37. The van der Waals surface area contributed by atoms with E-state index in [4.69, 9.17) is 0 Å². The number of carbonyl (C=O) groups excluding carboxylic acids is 1. The maximum absolute atomic E-state index is 9.81. The van der Waals surface area contributed by atoms with Gasteiger partial charge in [-0.25, -0.2) is 5.43 Å². The summed E-state index contributed by atoms with van der Waals surface area (Å²) in [4.78, 5) is 12.2. The molecule has 6 heteroatoms. The van der Waals surface area contributed by atoms with E-state index in [1.165, 1.54) is 25.9 Å². The molecule has 0 aromatic heterocycles. The van der Waals surface area contributed by atoms with Gasteiger partial charge in [0.15, 0.2) is 0 Å².